The van der Waals surface area contributed by atoms with Gasteiger partial charge in [-0.2, -0.15) is 0 Å². The molecule has 0 aliphatic carbocycles. The van der Waals surface area contributed by atoms with Crippen LogP contribution in [0, 0.1) is 0 Å². The summed E-state index contributed by atoms with van der Waals surface area (Å²) in [7, 11) is 0. The molecular formula is C9H11CoO3P. The largest absolute Gasteiger partial charge is 0.234 e. The molecule has 5 heteroatoms. The van der Waals surface area contributed by atoms with Crippen LogP contribution in [-0.2, 0) is 31.2 Å². The molecule has 0 heterocycles. The van der Waals surface area contributed by atoms with Gasteiger partial charge in [0, 0.05) is 29.7 Å². The molecule has 0 aromatic carbocycles. The maximum absolute atomic E-state index is 10.7. The molecule has 0 unspecified atom stereocenters. The topological polar surface area (TPSA) is 51.2 Å². The molecule has 0 aromatic rings. The normalized spacial score (nSPS) is 8.71. The van der Waals surface area contributed by atoms with E-state index in [1.807, 2.05) is 5.66 Å². The van der Waals surface area contributed by atoms with Crippen molar-refractivity contribution in [3.8, 4) is 0 Å². The van der Waals surface area contributed by atoms with Crippen LogP contribution in [0.4, 0.5) is 0 Å². The Morgan fingerprint density at radius 1 is 1.21 bits per heavy atom. The third kappa shape index (κ3) is 3.29. The Labute approximate surface area is 93.4 Å². The molecule has 0 aliphatic rings. The van der Waals surface area contributed by atoms with E-state index in [4.69, 9.17) is 0 Å². The number of hydrogen-bond acceptors (Lipinski definition) is 3. The molecule has 14 heavy (non-hydrogen) atoms. The second-order valence-electron chi connectivity index (χ2n) is 2.44. The number of rotatable bonds is 4. The summed E-state index contributed by atoms with van der Waals surface area (Å²) in [6.07, 6.45) is 2.07. The zero-order valence-electron chi connectivity index (χ0n) is 8.00. The van der Waals surface area contributed by atoms with Gasteiger partial charge < -0.3 is 0 Å². The summed E-state index contributed by atoms with van der Waals surface area (Å²) in [5.41, 5.74) is 1.90. The molecule has 1 radical (unpaired) electrons. The molecule has 0 rings (SSSR count). The van der Waals surface area contributed by atoms with Gasteiger partial charge in [0.2, 0.25) is 0 Å². The first-order valence-electron chi connectivity index (χ1n) is 3.93. The van der Waals surface area contributed by atoms with E-state index in [1.54, 1.807) is 19.8 Å². The molecule has 0 bridgehead atoms. The van der Waals surface area contributed by atoms with Gasteiger partial charge in [0.05, 0.1) is 5.31 Å². The summed E-state index contributed by atoms with van der Waals surface area (Å²) in [4.78, 5) is 31.3. The second kappa shape index (κ2) is 7.79. The van der Waals surface area contributed by atoms with Gasteiger partial charge in [0.15, 0.2) is 0 Å². The van der Waals surface area contributed by atoms with Crippen molar-refractivity contribution in [2.75, 3.05) is 12.3 Å². The average Bonchev–Trinajstić information content (AvgIpc) is 2.19. The van der Waals surface area contributed by atoms with Crippen LogP contribution in [0.5, 0.6) is 0 Å². The summed E-state index contributed by atoms with van der Waals surface area (Å²) >= 11 is 0. The molecular weight excluding hydrogens is 246 g/mol. The van der Waals surface area contributed by atoms with Crippen LogP contribution >= 0.6 is 6.89 Å². The average molecular weight is 257 g/mol. The molecule has 0 N–H and O–H groups in total. The predicted molar refractivity (Wildman–Crippen MR) is 53.2 cm³/mol. The van der Waals surface area contributed by atoms with Crippen molar-refractivity contribution in [1.82, 2.24) is 0 Å². The van der Waals surface area contributed by atoms with Crippen molar-refractivity contribution in [3.63, 3.8) is 0 Å². The molecule has 0 aliphatic heterocycles. The first-order valence-corrected chi connectivity index (χ1v) is 6.09. The number of hydrogen-bond donors (Lipinski definition) is 0. The van der Waals surface area contributed by atoms with Gasteiger partial charge in [-0.3, -0.25) is 0 Å². The summed E-state index contributed by atoms with van der Waals surface area (Å²) in [5.74, 6) is 3.13. The first-order chi connectivity index (χ1) is 6.20. The van der Waals surface area contributed by atoms with Crippen LogP contribution in [0.1, 0.15) is 13.8 Å². The van der Waals surface area contributed by atoms with Crippen LogP contribution in [-0.4, -0.2) is 29.9 Å². The van der Waals surface area contributed by atoms with Crippen molar-refractivity contribution in [3.05, 3.63) is 11.4 Å². The maximum Gasteiger partial charge on any atom is 0.134 e. The Morgan fingerprint density at radius 2 is 1.71 bits per heavy atom. The van der Waals surface area contributed by atoms with E-state index in [2.05, 4.69) is 0 Å². The number of allylic oxidation sites excluding steroid dienone is 2. The minimum Gasteiger partial charge on any atom is -0.234 e. The quantitative estimate of drug-likeness (QED) is 0.432. The van der Waals surface area contributed by atoms with Crippen LogP contribution in [0.2, 0.25) is 0 Å². The fraction of sp³-hybridized carbons (Fsp3) is 0.444. The monoisotopic (exact) mass is 257 g/mol. The molecule has 3 nitrogen and oxygen atoms in total. The van der Waals surface area contributed by atoms with E-state index >= 15 is 0 Å². The predicted octanol–water partition coefficient (Wildman–Crippen LogP) is 1.21. The third-order valence-electron chi connectivity index (χ3n) is 2.02. The summed E-state index contributed by atoms with van der Waals surface area (Å²) in [6, 6.07) is 0. The molecule has 0 saturated heterocycles. The van der Waals surface area contributed by atoms with Gasteiger partial charge in [-0.25, -0.2) is 14.4 Å². The van der Waals surface area contributed by atoms with Crippen LogP contribution in [0.15, 0.2) is 11.4 Å². The van der Waals surface area contributed by atoms with E-state index in [1.165, 1.54) is 5.94 Å². The van der Waals surface area contributed by atoms with E-state index < -0.39 is 6.89 Å². The Hall–Kier alpha value is -0.584. The molecule has 0 fully saturated rings. The van der Waals surface area contributed by atoms with Gasteiger partial charge in [0.1, 0.15) is 17.5 Å². The van der Waals surface area contributed by atoms with E-state index in [-0.39, 0.29) is 22.1 Å². The number of carbonyl (C=O) groups excluding carboxylic acids is 3. The minimum atomic E-state index is -2.20. The first kappa shape index (κ1) is 15.9. The third-order valence-corrected chi connectivity index (χ3v) is 5.67. The smallest absolute Gasteiger partial charge is 0.134 e. The molecule has 0 spiro atoms. The molecule has 0 amide bonds. The van der Waals surface area contributed by atoms with Gasteiger partial charge in [-0.1, -0.05) is 13.8 Å². The van der Waals surface area contributed by atoms with Crippen molar-refractivity contribution in [2.45, 2.75) is 13.8 Å². The Bertz CT molecular complexity index is 348. The minimum absolute atomic E-state index is 0. The van der Waals surface area contributed by atoms with Gasteiger partial charge in [-0.05, 0) is 12.3 Å². The molecule has 0 atom stereocenters. The fourth-order valence-electron chi connectivity index (χ4n) is 1.04. The summed E-state index contributed by atoms with van der Waals surface area (Å²) in [5, 5.41) is 0.141. The second-order valence-corrected chi connectivity index (χ2v) is 6.31. The standard InChI is InChI=1S/C9H11O3P.Co/c1-3-13(4-2,8-12)9(7-11)5-6-10;/h5H,3-4H2,1-2H3;. The van der Waals surface area contributed by atoms with Gasteiger partial charge in [0.25, 0.3) is 0 Å². The summed E-state index contributed by atoms with van der Waals surface area (Å²) in [6.45, 7) is 1.41. The van der Waals surface area contributed by atoms with Crippen molar-refractivity contribution < 1.29 is 31.2 Å². The SMILES string of the molecule is CCP(=C=O)(CC)C(=C=O)C=C=O.[Co]. The van der Waals surface area contributed by atoms with Crippen molar-refractivity contribution in [2.24, 2.45) is 0 Å². The zero-order chi connectivity index (χ0) is 10.3. The van der Waals surface area contributed by atoms with Gasteiger partial charge in [-0.15, -0.1) is 0 Å². The van der Waals surface area contributed by atoms with Crippen LogP contribution < -0.4 is 0 Å². The Kier molecular flexibility index (Phi) is 8.83. The van der Waals surface area contributed by atoms with Crippen molar-refractivity contribution in [1.29, 1.82) is 0 Å². The molecule has 0 aromatic heterocycles. The molecule has 79 valence electrons. The van der Waals surface area contributed by atoms with Crippen LogP contribution in [0.25, 0.3) is 0 Å². The fourth-order valence-corrected chi connectivity index (χ4v) is 3.00. The Balaban J connectivity index is 0. The van der Waals surface area contributed by atoms with Gasteiger partial charge >= 0.3 is 0 Å². The maximum atomic E-state index is 10.7. The van der Waals surface area contributed by atoms with Crippen molar-refractivity contribution >= 4 is 24.4 Å². The van der Waals surface area contributed by atoms with E-state index in [9.17, 15) is 14.4 Å². The van der Waals surface area contributed by atoms with Crippen LogP contribution in [0.3, 0.4) is 0 Å². The van der Waals surface area contributed by atoms with E-state index in [0.29, 0.717) is 12.3 Å². The summed E-state index contributed by atoms with van der Waals surface area (Å²) < 4.78 is 0. The van der Waals surface area contributed by atoms with E-state index in [0.717, 1.165) is 6.08 Å². The Morgan fingerprint density at radius 3 is 1.93 bits per heavy atom. The zero-order valence-corrected chi connectivity index (χ0v) is 9.93. The molecule has 0 saturated carbocycles.